The van der Waals surface area contributed by atoms with Gasteiger partial charge in [0.25, 0.3) is 12.3 Å². The van der Waals surface area contributed by atoms with Crippen LogP contribution >= 0.6 is 0 Å². The molecule has 1 atom stereocenters. The summed E-state index contributed by atoms with van der Waals surface area (Å²) in [5.74, 6) is -0.240. The van der Waals surface area contributed by atoms with E-state index in [2.05, 4.69) is 20.6 Å². The largest absolute Gasteiger partial charge is 0.471 e. The Hall–Kier alpha value is -3.10. The molecule has 2 heterocycles. The Balaban J connectivity index is 2.05. The Labute approximate surface area is 167 Å². The van der Waals surface area contributed by atoms with E-state index in [-0.39, 0.29) is 35.2 Å². The van der Waals surface area contributed by atoms with Crippen molar-refractivity contribution in [3.63, 3.8) is 0 Å². The van der Waals surface area contributed by atoms with Crippen LogP contribution in [0.25, 0.3) is 0 Å². The summed E-state index contributed by atoms with van der Waals surface area (Å²) >= 11 is 0. The van der Waals surface area contributed by atoms with Crippen molar-refractivity contribution in [2.24, 2.45) is 5.92 Å². The number of ether oxygens (including phenoxy) is 1. The van der Waals surface area contributed by atoms with Crippen LogP contribution < -0.4 is 15.4 Å². The molecule has 0 fully saturated rings. The van der Waals surface area contributed by atoms with E-state index in [0.717, 1.165) is 5.56 Å². The SMILES string of the molecule is Cc1cc(C(=O)NC(C)c2ccnc(NC(=O)C(C)C)c2)cnc1OCC(F)F. The maximum Gasteiger partial charge on any atom is 0.272 e. The summed E-state index contributed by atoms with van der Waals surface area (Å²) in [5, 5.41) is 5.55. The third-order valence-electron chi connectivity index (χ3n) is 4.05. The maximum atomic E-state index is 12.5. The van der Waals surface area contributed by atoms with Crippen LogP contribution in [0.3, 0.4) is 0 Å². The second-order valence-electron chi connectivity index (χ2n) is 6.86. The topological polar surface area (TPSA) is 93.2 Å². The van der Waals surface area contributed by atoms with Crippen molar-refractivity contribution in [1.29, 1.82) is 0 Å². The number of hydrogen-bond acceptors (Lipinski definition) is 5. The van der Waals surface area contributed by atoms with Gasteiger partial charge in [-0.1, -0.05) is 13.8 Å². The lowest BCUT2D eigenvalue weighted by Gasteiger charge is -2.16. The van der Waals surface area contributed by atoms with Gasteiger partial charge in [0.15, 0.2) is 6.61 Å². The lowest BCUT2D eigenvalue weighted by atomic mass is 10.1. The second-order valence-corrected chi connectivity index (χ2v) is 6.86. The zero-order chi connectivity index (χ0) is 21.6. The zero-order valence-corrected chi connectivity index (χ0v) is 16.7. The predicted octanol–water partition coefficient (Wildman–Crippen LogP) is 3.51. The third kappa shape index (κ3) is 6.48. The predicted molar refractivity (Wildman–Crippen MR) is 104 cm³/mol. The molecule has 0 aromatic carbocycles. The van der Waals surface area contributed by atoms with Gasteiger partial charge in [0.1, 0.15) is 5.82 Å². The van der Waals surface area contributed by atoms with Crippen LogP contribution in [0.4, 0.5) is 14.6 Å². The number of amides is 2. The fraction of sp³-hybridized carbons (Fsp3) is 0.400. The van der Waals surface area contributed by atoms with Crippen LogP contribution in [0.15, 0.2) is 30.6 Å². The summed E-state index contributed by atoms with van der Waals surface area (Å²) in [6, 6.07) is 4.59. The molecule has 0 saturated carbocycles. The highest BCUT2D eigenvalue weighted by Crippen LogP contribution is 2.19. The molecule has 2 aromatic heterocycles. The number of alkyl halides is 2. The van der Waals surface area contributed by atoms with E-state index in [9.17, 15) is 18.4 Å². The summed E-state index contributed by atoms with van der Waals surface area (Å²) < 4.78 is 29.4. The minimum Gasteiger partial charge on any atom is -0.471 e. The molecule has 7 nitrogen and oxygen atoms in total. The van der Waals surface area contributed by atoms with Crippen LogP contribution in [0.5, 0.6) is 5.88 Å². The second kappa shape index (κ2) is 9.90. The fourth-order valence-electron chi connectivity index (χ4n) is 2.40. The molecular formula is C20H24F2N4O3. The number of nitrogens with one attached hydrogen (secondary N) is 2. The molecule has 0 aliphatic rings. The van der Waals surface area contributed by atoms with E-state index < -0.39 is 13.0 Å². The molecule has 0 aliphatic carbocycles. The highest BCUT2D eigenvalue weighted by molar-refractivity contribution is 5.94. The number of carbonyl (C=O) groups is 2. The molecule has 2 amide bonds. The van der Waals surface area contributed by atoms with E-state index in [4.69, 9.17) is 4.74 Å². The molecule has 1 unspecified atom stereocenters. The number of rotatable bonds is 8. The number of aromatic nitrogens is 2. The van der Waals surface area contributed by atoms with E-state index in [0.29, 0.717) is 11.4 Å². The molecule has 0 saturated heterocycles. The van der Waals surface area contributed by atoms with Gasteiger partial charge < -0.3 is 15.4 Å². The summed E-state index contributed by atoms with van der Waals surface area (Å²) in [6.07, 6.45) is 0.224. The number of anilines is 1. The van der Waals surface area contributed by atoms with Crippen LogP contribution in [-0.4, -0.2) is 34.8 Å². The molecule has 2 rings (SSSR count). The van der Waals surface area contributed by atoms with Crippen LogP contribution in [0, 0.1) is 12.8 Å². The minimum absolute atomic E-state index is 0.0644. The van der Waals surface area contributed by atoms with Crippen molar-refractivity contribution in [3.05, 3.63) is 47.3 Å². The minimum atomic E-state index is -2.60. The van der Waals surface area contributed by atoms with Gasteiger partial charge in [-0.15, -0.1) is 0 Å². The molecule has 9 heteroatoms. The molecule has 0 radical (unpaired) electrons. The number of aryl methyl sites for hydroxylation is 1. The maximum absolute atomic E-state index is 12.5. The van der Waals surface area contributed by atoms with Crippen molar-refractivity contribution < 1.29 is 23.1 Å². The highest BCUT2D eigenvalue weighted by atomic mass is 19.3. The first kappa shape index (κ1) is 22.2. The van der Waals surface area contributed by atoms with Crippen molar-refractivity contribution in [2.45, 2.75) is 40.2 Å². The summed E-state index contributed by atoms with van der Waals surface area (Å²) in [5.41, 5.74) is 1.52. The first-order valence-electron chi connectivity index (χ1n) is 9.12. The number of pyridine rings is 2. The molecule has 0 bridgehead atoms. The average Bonchev–Trinajstić information content (AvgIpc) is 2.66. The number of halogens is 2. The zero-order valence-electron chi connectivity index (χ0n) is 16.7. The Kier molecular flexibility index (Phi) is 7.58. The fourth-order valence-corrected chi connectivity index (χ4v) is 2.40. The van der Waals surface area contributed by atoms with Gasteiger partial charge in [0.05, 0.1) is 11.6 Å². The van der Waals surface area contributed by atoms with Gasteiger partial charge in [0.2, 0.25) is 11.8 Å². The Morgan fingerprint density at radius 2 is 1.90 bits per heavy atom. The number of carbonyl (C=O) groups excluding carboxylic acids is 2. The van der Waals surface area contributed by atoms with Crippen LogP contribution in [-0.2, 0) is 4.79 Å². The first-order valence-corrected chi connectivity index (χ1v) is 9.12. The van der Waals surface area contributed by atoms with Gasteiger partial charge in [-0.05, 0) is 37.6 Å². The van der Waals surface area contributed by atoms with Crippen LogP contribution in [0.2, 0.25) is 0 Å². The molecule has 2 aromatic rings. The summed E-state index contributed by atoms with van der Waals surface area (Å²) in [7, 11) is 0. The van der Waals surface area contributed by atoms with E-state index in [1.54, 1.807) is 46.0 Å². The van der Waals surface area contributed by atoms with Gasteiger partial charge in [0, 0.05) is 23.9 Å². The average molecular weight is 406 g/mol. The smallest absolute Gasteiger partial charge is 0.272 e. The third-order valence-corrected chi connectivity index (χ3v) is 4.05. The molecule has 0 spiro atoms. The normalized spacial score (nSPS) is 12.0. The Morgan fingerprint density at radius 3 is 2.52 bits per heavy atom. The van der Waals surface area contributed by atoms with Crippen molar-refractivity contribution in [3.8, 4) is 5.88 Å². The summed E-state index contributed by atoms with van der Waals surface area (Å²) in [6.45, 7) is 6.22. The Bertz CT molecular complexity index is 875. The van der Waals surface area contributed by atoms with Gasteiger partial charge >= 0.3 is 0 Å². The molecule has 29 heavy (non-hydrogen) atoms. The molecule has 156 valence electrons. The molecule has 2 N–H and O–H groups in total. The van der Waals surface area contributed by atoms with Crippen molar-refractivity contribution in [1.82, 2.24) is 15.3 Å². The Morgan fingerprint density at radius 1 is 1.17 bits per heavy atom. The van der Waals surface area contributed by atoms with Gasteiger partial charge in [-0.3, -0.25) is 9.59 Å². The number of hydrogen-bond donors (Lipinski definition) is 2. The standard InChI is InChI=1S/C20H24F2N4O3/c1-11(2)18(27)26-17-8-14(5-6-23-17)13(4)25-19(28)15-7-12(3)20(24-9-15)29-10-16(21)22/h5-9,11,13,16H,10H2,1-4H3,(H,25,28)(H,23,26,27). The van der Waals surface area contributed by atoms with Crippen molar-refractivity contribution >= 4 is 17.6 Å². The van der Waals surface area contributed by atoms with Gasteiger partial charge in [-0.25, -0.2) is 18.7 Å². The van der Waals surface area contributed by atoms with E-state index in [1.165, 1.54) is 12.3 Å². The van der Waals surface area contributed by atoms with Gasteiger partial charge in [-0.2, -0.15) is 0 Å². The van der Waals surface area contributed by atoms with E-state index >= 15 is 0 Å². The lowest BCUT2D eigenvalue weighted by molar-refractivity contribution is -0.118. The molecular weight excluding hydrogens is 382 g/mol. The van der Waals surface area contributed by atoms with Crippen molar-refractivity contribution in [2.75, 3.05) is 11.9 Å². The first-order chi connectivity index (χ1) is 13.7. The van der Waals surface area contributed by atoms with Crippen LogP contribution in [0.1, 0.15) is 48.3 Å². The van der Waals surface area contributed by atoms with E-state index in [1.807, 2.05) is 0 Å². The highest BCUT2D eigenvalue weighted by Gasteiger charge is 2.16. The monoisotopic (exact) mass is 406 g/mol. The lowest BCUT2D eigenvalue weighted by Crippen LogP contribution is -2.27. The quantitative estimate of drug-likeness (QED) is 0.700. The summed E-state index contributed by atoms with van der Waals surface area (Å²) in [4.78, 5) is 32.4. The number of nitrogens with zero attached hydrogens (tertiary/aromatic N) is 2. The molecule has 0 aliphatic heterocycles.